The molecular weight excluding hydrogens is 248 g/mol. The minimum atomic E-state index is 0.574. The fourth-order valence-electron chi connectivity index (χ4n) is 3.13. The molecule has 1 aliphatic heterocycles. The molecule has 3 nitrogen and oxygen atoms in total. The summed E-state index contributed by atoms with van der Waals surface area (Å²) in [5, 5.41) is 0. The first-order valence-electron chi connectivity index (χ1n) is 7.89. The molecule has 1 heterocycles. The largest absolute Gasteiger partial charge is 0.491 e. The third-order valence-electron chi connectivity index (χ3n) is 4.81. The number of hydrogen-bond donors (Lipinski definition) is 1. The van der Waals surface area contributed by atoms with Gasteiger partial charge in [0, 0.05) is 13.1 Å². The highest BCUT2D eigenvalue weighted by Crippen LogP contribution is 2.36. The van der Waals surface area contributed by atoms with Gasteiger partial charge in [0.2, 0.25) is 0 Å². The number of hydrogen-bond acceptors (Lipinski definition) is 3. The van der Waals surface area contributed by atoms with Crippen LogP contribution in [0, 0.1) is 5.41 Å². The minimum absolute atomic E-state index is 0.574. The van der Waals surface area contributed by atoms with Gasteiger partial charge in [-0.15, -0.1) is 0 Å². The van der Waals surface area contributed by atoms with Crippen LogP contribution in [0.4, 0.5) is 5.69 Å². The Bertz CT molecular complexity index is 415. The fourth-order valence-corrected chi connectivity index (χ4v) is 3.13. The Morgan fingerprint density at radius 2 is 2.00 bits per heavy atom. The van der Waals surface area contributed by atoms with Gasteiger partial charge in [0.25, 0.3) is 0 Å². The molecule has 1 aromatic rings. The molecule has 2 N–H and O–H groups in total. The Balaban J connectivity index is 1.69. The Hall–Kier alpha value is -1.22. The number of para-hydroxylation sites is 2. The number of anilines is 1. The molecule has 20 heavy (non-hydrogen) atoms. The second kappa shape index (κ2) is 6.98. The minimum Gasteiger partial charge on any atom is -0.491 e. The predicted molar refractivity (Wildman–Crippen MR) is 85.0 cm³/mol. The average molecular weight is 276 g/mol. The third kappa shape index (κ3) is 3.66. The van der Waals surface area contributed by atoms with E-state index in [2.05, 4.69) is 18.7 Å². The van der Waals surface area contributed by atoms with E-state index in [1.807, 2.05) is 24.3 Å². The Morgan fingerprint density at radius 1 is 1.25 bits per heavy atom. The topological polar surface area (TPSA) is 38.5 Å². The van der Waals surface area contributed by atoms with E-state index < -0.39 is 0 Å². The van der Waals surface area contributed by atoms with Gasteiger partial charge in [-0.2, -0.15) is 0 Å². The lowest BCUT2D eigenvalue weighted by Gasteiger charge is -2.26. The van der Waals surface area contributed by atoms with Gasteiger partial charge in [-0.05, 0) is 49.8 Å². The molecule has 0 bridgehead atoms. The summed E-state index contributed by atoms with van der Waals surface area (Å²) in [5.74, 6) is 0.811. The zero-order valence-electron chi connectivity index (χ0n) is 12.9. The van der Waals surface area contributed by atoms with Gasteiger partial charge in [-0.25, -0.2) is 0 Å². The quantitative estimate of drug-likeness (QED) is 0.611. The summed E-state index contributed by atoms with van der Waals surface area (Å²) < 4.78 is 5.75. The normalized spacial score (nSPS) is 18.3. The van der Waals surface area contributed by atoms with Crippen molar-refractivity contribution in [3.05, 3.63) is 24.3 Å². The molecule has 3 heteroatoms. The van der Waals surface area contributed by atoms with E-state index in [0.29, 0.717) is 5.41 Å². The average Bonchev–Trinajstić information content (AvgIpc) is 2.90. The second-order valence-corrected chi connectivity index (χ2v) is 5.97. The number of nitrogens with two attached hydrogens (primary N) is 1. The van der Waals surface area contributed by atoms with Crippen molar-refractivity contribution >= 4 is 5.69 Å². The molecule has 0 unspecified atom stereocenters. The SMILES string of the molecule is CCC1(CC)CCN(CCCOc2ccccc2N)C1. The molecule has 2 rings (SSSR count). The van der Waals surface area contributed by atoms with Crippen LogP contribution in [0.25, 0.3) is 0 Å². The Labute approximate surface area is 123 Å². The number of nitrogens with zero attached hydrogens (tertiary/aromatic N) is 1. The first-order chi connectivity index (χ1) is 9.69. The van der Waals surface area contributed by atoms with Gasteiger partial charge in [0.15, 0.2) is 0 Å². The summed E-state index contributed by atoms with van der Waals surface area (Å²) in [4.78, 5) is 2.59. The molecule has 1 fully saturated rings. The number of ether oxygens (including phenoxy) is 1. The van der Waals surface area contributed by atoms with Crippen LogP contribution in [0.5, 0.6) is 5.75 Å². The predicted octanol–water partition coefficient (Wildman–Crippen LogP) is 3.55. The highest BCUT2D eigenvalue weighted by atomic mass is 16.5. The van der Waals surface area contributed by atoms with Crippen LogP contribution in [0.1, 0.15) is 39.5 Å². The van der Waals surface area contributed by atoms with Crippen LogP contribution in [-0.4, -0.2) is 31.1 Å². The second-order valence-electron chi connectivity index (χ2n) is 5.97. The molecule has 0 amide bonds. The summed E-state index contributed by atoms with van der Waals surface area (Å²) in [6, 6.07) is 7.71. The summed E-state index contributed by atoms with van der Waals surface area (Å²) >= 11 is 0. The first-order valence-corrected chi connectivity index (χ1v) is 7.89. The summed E-state index contributed by atoms with van der Waals surface area (Å²) in [5.41, 5.74) is 7.16. The van der Waals surface area contributed by atoms with Gasteiger partial charge in [0.05, 0.1) is 12.3 Å². The lowest BCUT2D eigenvalue weighted by molar-refractivity contribution is 0.223. The molecule has 1 saturated heterocycles. The van der Waals surface area contributed by atoms with Crippen LogP contribution in [0.3, 0.4) is 0 Å². The van der Waals surface area contributed by atoms with Gasteiger partial charge in [-0.1, -0.05) is 26.0 Å². The number of rotatable bonds is 7. The number of nitrogen functional groups attached to an aromatic ring is 1. The summed E-state index contributed by atoms with van der Waals surface area (Å²) in [6.45, 7) is 9.04. The van der Waals surface area contributed by atoms with Crippen molar-refractivity contribution in [1.82, 2.24) is 4.90 Å². The van der Waals surface area contributed by atoms with Crippen molar-refractivity contribution < 1.29 is 4.74 Å². The third-order valence-corrected chi connectivity index (χ3v) is 4.81. The van der Waals surface area contributed by atoms with Crippen molar-refractivity contribution in [2.45, 2.75) is 39.5 Å². The zero-order chi connectivity index (χ0) is 14.4. The summed E-state index contributed by atoms with van der Waals surface area (Å²) in [6.07, 6.45) is 5.03. The van der Waals surface area contributed by atoms with Crippen LogP contribution < -0.4 is 10.5 Å². The highest BCUT2D eigenvalue weighted by molar-refractivity contribution is 5.51. The van der Waals surface area contributed by atoms with Gasteiger partial charge >= 0.3 is 0 Å². The molecule has 112 valence electrons. The van der Waals surface area contributed by atoms with Gasteiger partial charge < -0.3 is 15.4 Å². The van der Waals surface area contributed by atoms with Crippen molar-refractivity contribution in [1.29, 1.82) is 0 Å². The van der Waals surface area contributed by atoms with Crippen LogP contribution >= 0.6 is 0 Å². The van der Waals surface area contributed by atoms with E-state index in [1.165, 1.54) is 32.4 Å². The van der Waals surface area contributed by atoms with Crippen molar-refractivity contribution in [3.63, 3.8) is 0 Å². The zero-order valence-corrected chi connectivity index (χ0v) is 12.9. The van der Waals surface area contributed by atoms with Crippen molar-refractivity contribution in [2.24, 2.45) is 5.41 Å². The van der Waals surface area contributed by atoms with Gasteiger partial charge in [0.1, 0.15) is 5.75 Å². The molecule has 0 saturated carbocycles. The van der Waals surface area contributed by atoms with E-state index >= 15 is 0 Å². The molecule has 0 aliphatic carbocycles. The van der Waals surface area contributed by atoms with Gasteiger partial charge in [-0.3, -0.25) is 0 Å². The number of benzene rings is 1. The maximum Gasteiger partial charge on any atom is 0.142 e. The maximum atomic E-state index is 5.86. The van der Waals surface area contributed by atoms with Crippen LogP contribution in [-0.2, 0) is 0 Å². The summed E-state index contributed by atoms with van der Waals surface area (Å²) in [7, 11) is 0. The Kier molecular flexibility index (Phi) is 5.30. The maximum absolute atomic E-state index is 5.86. The van der Waals surface area contributed by atoms with E-state index in [-0.39, 0.29) is 0 Å². The fraction of sp³-hybridized carbons (Fsp3) is 0.647. The van der Waals surface area contributed by atoms with Crippen molar-refractivity contribution in [3.8, 4) is 5.75 Å². The molecule has 0 atom stereocenters. The van der Waals surface area contributed by atoms with E-state index in [0.717, 1.165) is 31.0 Å². The molecule has 0 aromatic heterocycles. The monoisotopic (exact) mass is 276 g/mol. The van der Waals surface area contributed by atoms with E-state index in [9.17, 15) is 0 Å². The van der Waals surface area contributed by atoms with E-state index in [1.54, 1.807) is 0 Å². The van der Waals surface area contributed by atoms with Crippen molar-refractivity contribution in [2.75, 3.05) is 32.0 Å². The molecular formula is C17H28N2O. The van der Waals surface area contributed by atoms with Crippen LogP contribution in [0.15, 0.2) is 24.3 Å². The first kappa shape index (κ1) is 15.2. The highest BCUT2D eigenvalue weighted by Gasteiger charge is 2.34. The number of likely N-dealkylation sites (tertiary alicyclic amines) is 1. The Morgan fingerprint density at radius 3 is 2.65 bits per heavy atom. The molecule has 0 spiro atoms. The lowest BCUT2D eigenvalue weighted by Crippen LogP contribution is -2.27. The molecule has 1 aliphatic rings. The molecule has 0 radical (unpaired) electrons. The van der Waals surface area contributed by atoms with E-state index in [4.69, 9.17) is 10.5 Å². The standard InChI is InChI=1S/C17H28N2O/c1-3-17(4-2)10-12-19(14-17)11-7-13-20-16-9-6-5-8-15(16)18/h5-6,8-9H,3-4,7,10-14,18H2,1-2H3. The van der Waals surface area contributed by atoms with Crippen LogP contribution in [0.2, 0.25) is 0 Å². The lowest BCUT2D eigenvalue weighted by atomic mass is 9.82. The smallest absolute Gasteiger partial charge is 0.142 e. The molecule has 1 aromatic carbocycles.